The van der Waals surface area contributed by atoms with E-state index in [1.807, 2.05) is 0 Å². The lowest BCUT2D eigenvalue weighted by atomic mass is 9.83. The van der Waals surface area contributed by atoms with Crippen LogP contribution < -0.4 is 11.1 Å². The first-order valence-corrected chi connectivity index (χ1v) is 8.24. The van der Waals surface area contributed by atoms with Crippen LogP contribution in [-0.2, 0) is 14.4 Å². The van der Waals surface area contributed by atoms with E-state index in [0.29, 0.717) is 10.5 Å². The molecule has 0 radical (unpaired) electrons. The van der Waals surface area contributed by atoms with E-state index in [1.54, 1.807) is 0 Å². The van der Waals surface area contributed by atoms with Crippen molar-refractivity contribution < 1.29 is 37.8 Å². The number of carboxylic acid groups (broad SMARTS) is 1. The second-order valence-electron chi connectivity index (χ2n) is 6.50. The highest BCUT2D eigenvalue weighted by Crippen LogP contribution is 2.42. The van der Waals surface area contributed by atoms with E-state index in [1.165, 1.54) is 24.3 Å². The lowest BCUT2D eigenvalue weighted by Crippen LogP contribution is -2.72. The summed E-state index contributed by atoms with van der Waals surface area (Å²) < 4.78 is 39.2. The van der Waals surface area contributed by atoms with Gasteiger partial charge in [0.25, 0.3) is 5.91 Å². The van der Waals surface area contributed by atoms with Gasteiger partial charge in [-0.2, -0.15) is 13.2 Å². The van der Waals surface area contributed by atoms with E-state index in [2.05, 4.69) is 5.32 Å². The average molecular weight is 399 g/mol. The second kappa shape index (κ2) is 6.82. The number of β-lactam (4-membered cyclic amide) rings is 1. The van der Waals surface area contributed by atoms with E-state index in [4.69, 9.17) is 10.8 Å². The van der Waals surface area contributed by atoms with Gasteiger partial charge in [0.1, 0.15) is 23.5 Å². The number of fused-ring (bicyclic) bond motifs is 1. The van der Waals surface area contributed by atoms with Crippen molar-refractivity contribution in [3.63, 3.8) is 0 Å². The van der Waals surface area contributed by atoms with Crippen LogP contribution in [0.15, 0.2) is 35.5 Å². The molecule has 2 aliphatic heterocycles. The van der Waals surface area contributed by atoms with Crippen molar-refractivity contribution >= 4 is 17.8 Å². The van der Waals surface area contributed by atoms with Gasteiger partial charge in [0.2, 0.25) is 5.91 Å². The normalized spacial score (nSPS) is 23.0. The van der Waals surface area contributed by atoms with Gasteiger partial charge in [-0.05, 0) is 30.5 Å². The predicted molar refractivity (Wildman–Crippen MR) is 87.6 cm³/mol. The van der Waals surface area contributed by atoms with Crippen LogP contribution in [0.25, 0.3) is 0 Å². The fraction of sp³-hybridized carbons (Fsp3) is 0.353. The number of nitrogens with two attached hydrogens (primary N) is 1. The molecule has 0 unspecified atom stereocenters. The SMILES string of the molecule is N[C@@H](C(=O)N[C@@H]1C(=O)N2C(C(=O)O)=C(C(F)(F)F)CC[C@H]12)c1ccc(O)cc1. The molecule has 2 amide bonds. The Balaban J connectivity index is 1.77. The van der Waals surface area contributed by atoms with Gasteiger partial charge in [-0.25, -0.2) is 4.79 Å². The first-order valence-electron chi connectivity index (χ1n) is 8.24. The highest BCUT2D eigenvalue weighted by Gasteiger charge is 2.56. The van der Waals surface area contributed by atoms with E-state index in [-0.39, 0.29) is 12.2 Å². The molecular weight excluding hydrogens is 383 g/mol. The molecule has 8 nitrogen and oxygen atoms in total. The molecule has 0 spiro atoms. The minimum atomic E-state index is -4.87. The summed E-state index contributed by atoms with van der Waals surface area (Å²) in [5.74, 6) is -3.56. The van der Waals surface area contributed by atoms with Crippen molar-refractivity contribution in [3.8, 4) is 5.75 Å². The summed E-state index contributed by atoms with van der Waals surface area (Å²) in [6.07, 6.45) is -5.58. The summed E-state index contributed by atoms with van der Waals surface area (Å²) in [5, 5.41) is 20.8. The topological polar surface area (TPSA) is 133 Å². The lowest BCUT2D eigenvalue weighted by Gasteiger charge is -2.50. The van der Waals surface area contributed by atoms with Crippen LogP contribution in [0.4, 0.5) is 13.2 Å². The monoisotopic (exact) mass is 399 g/mol. The molecule has 1 fully saturated rings. The third-order valence-electron chi connectivity index (χ3n) is 4.81. The number of carboxylic acids is 1. The summed E-state index contributed by atoms with van der Waals surface area (Å²) in [6.45, 7) is 0. The van der Waals surface area contributed by atoms with Gasteiger partial charge < -0.3 is 21.3 Å². The summed E-state index contributed by atoms with van der Waals surface area (Å²) in [6, 6.07) is 2.25. The van der Waals surface area contributed by atoms with E-state index in [0.717, 1.165) is 0 Å². The molecule has 2 heterocycles. The smallest absolute Gasteiger partial charge is 0.414 e. The number of benzene rings is 1. The fourth-order valence-electron chi connectivity index (χ4n) is 3.41. The van der Waals surface area contributed by atoms with Crippen molar-refractivity contribution in [3.05, 3.63) is 41.1 Å². The number of hydrogen-bond donors (Lipinski definition) is 4. The number of phenols is 1. The van der Waals surface area contributed by atoms with Crippen LogP contribution in [0.3, 0.4) is 0 Å². The van der Waals surface area contributed by atoms with E-state index >= 15 is 0 Å². The summed E-state index contributed by atoms with van der Waals surface area (Å²) in [7, 11) is 0. The maximum absolute atomic E-state index is 13.1. The fourth-order valence-corrected chi connectivity index (χ4v) is 3.41. The number of nitrogens with one attached hydrogen (secondary N) is 1. The molecule has 150 valence electrons. The molecule has 3 atom stereocenters. The predicted octanol–water partition coefficient (Wildman–Crippen LogP) is 0.782. The highest BCUT2D eigenvalue weighted by atomic mass is 19.4. The minimum absolute atomic E-state index is 0.0307. The molecule has 0 aromatic heterocycles. The summed E-state index contributed by atoms with van der Waals surface area (Å²) >= 11 is 0. The van der Waals surface area contributed by atoms with Gasteiger partial charge in [0, 0.05) is 0 Å². The molecule has 2 aliphatic rings. The number of halogens is 3. The Labute approximate surface area is 156 Å². The molecule has 0 bridgehead atoms. The number of carbonyl (C=O) groups excluding carboxylic acids is 2. The summed E-state index contributed by atoms with van der Waals surface area (Å²) in [5.41, 5.74) is 3.80. The van der Waals surface area contributed by atoms with Crippen LogP contribution >= 0.6 is 0 Å². The molecule has 5 N–H and O–H groups in total. The largest absolute Gasteiger partial charge is 0.508 e. The number of hydrogen-bond acceptors (Lipinski definition) is 5. The van der Waals surface area contributed by atoms with Crippen molar-refractivity contribution in [2.24, 2.45) is 5.73 Å². The standard InChI is InChI=1S/C17H16F3N3O5/c18-17(19,20)9-5-6-10-12(15(26)23(10)13(9)16(27)28)22-14(25)11(21)7-1-3-8(24)4-2-7/h1-4,10-12,24H,5-6,21H2,(H,22,25)(H,27,28)/t10-,11-,12+/m1/s1. The Morgan fingerprint density at radius 1 is 1.25 bits per heavy atom. The number of alkyl halides is 3. The van der Waals surface area contributed by atoms with Crippen LogP contribution in [-0.4, -0.2) is 51.2 Å². The molecule has 0 saturated carbocycles. The maximum atomic E-state index is 13.1. The van der Waals surface area contributed by atoms with Crippen molar-refractivity contribution in [2.75, 3.05) is 0 Å². The van der Waals surface area contributed by atoms with Crippen LogP contribution in [0.5, 0.6) is 5.75 Å². The van der Waals surface area contributed by atoms with Gasteiger partial charge >= 0.3 is 12.1 Å². The zero-order valence-electron chi connectivity index (χ0n) is 14.2. The number of amides is 2. The number of aromatic hydroxyl groups is 1. The molecule has 1 aromatic carbocycles. The zero-order chi connectivity index (χ0) is 20.8. The second-order valence-corrected chi connectivity index (χ2v) is 6.50. The molecule has 1 aromatic rings. The first-order chi connectivity index (χ1) is 13.0. The van der Waals surface area contributed by atoms with Crippen molar-refractivity contribution in [2.45, 2.75) is 37.1 Å². The maximum Gasteiger partial charge on any atom is 0.414 e. The van der Waals surface area contributed by atoms with Crippen LogP contribution in [0.2, 0.25) is 0 Å². The minimum Gasteiger partial charge on any atom is -0.508 e. The quantitative estimate of drug-likeness (QED) is 0.553. The van der Waals surface area contributed by atoms with Crippen LogP contribution in [0, 0.1) is 0 Å². The van der Waals surface area contributed by atoms with Crippen molar-refractivity contribution in [1.82, 2.24) is 10.2 Å². The van der Waals surface area contributed by atoms with Gasteiger partial charge in [-0.3, -0.25) is 14.5 Å². The Morgan fingerprint density at radius 2 is 1.86 bits per heavy atom. The molecule has 11 heteroatoms. The Hall–Kier alpha value is -3.08. The Morgan fingerprint density at radius 3 is 2.39 bits per heavy atom. The van der Waals surface area contributed by atoms with Gasteiger partial charge in [-0.15, -0.1) is 0 Å². The molecule has 28 heavy (non-hydrogen) atoms. The average Bonchev–Trinajstić information content (AvgIpc) is 2.63. The Bertz CT molecular complexity index is 866. The zero-order valence-corrected chi connectivity index (χ0v) is 14.2. The number of carbonyl (C=O) groups is 3. The van der Waals surface area contributed by atoms with Gasteiger partial charge in [0.15, 0.2) is 0 Å². The number of aliphatic carboxylic acids is 1. The first kappa shape index (κ1) is 19.7. The van der Waals surface area contributed by atoms with E-state index < -0.39 is 59.8 Å². The van der Waals surface area contributed by atoms with Crippen molar-refractivity contribution in [1.29, 1.82) is 0 Å². The van der Waals surface area contributed by atoms with E-state index in [9.17, 15) is 32.7 Å². The molecule has 1 saturated heterocycles. The van der Waals surface area contributed by atoms with Crippen LogP contribution in [0.1, 0.15) is 24.4 Å². The van der Waals surface area contributed by atoms with Gasteiger partial charge in [0.05, 0.1) is 11.6 Å². The highest BCUT2D eigenvalue weighted by molar-refractivity contribution is 6.02. The van der Waals surface area contributed by atoms with Gasteiger partial charge in [-0.1, -0.05) is 12.1 Å². The molecule has 0 aliphatic carbocycles. The number of nitrogens with zero attached hydrogens (tertiary/aromatic N) is 1. The molecule has 3 rings (SSSR count). The lowest BCUT2D eigenvalue weighted by molar-refractivity contribution is -0.159. The number of allylic oxidation sites excluding steroid dienone is 1. The third kappa shape index (κ3) is 3.28. The third-order valence-corrected chi connectivity index (χ3v) is 4.81. The number of rotatable bonds is 4. The number of phenolic OH excluding ortho intramolecular Hbond substituents is 1. The summed E-state index contributed by atoms with van der Waals surface area (Å²) in [4.78, 5) is 36.5. The molecular formula is C17H16F3N3O5. The Kier molecular flexibility index (Phi) is 4.79.